The maximum atomic E-state index is 5.36. The molecule has 2 aliphatic rings. The largest absolute Gasteiger partial charge is 0.380 e. The van der Waals surface area contributed by atoms with Crippen molar-refractivity contribution < 1.29 is 4.74 Å². The van der Waals surface area contributed by atoms with Crippen molar-refractivity contribution >= 4 is 0 Å². The van der Waals surface area contributed by atoms with E-state index in [0.29, 0.717) is 16.9 Å². The smallest absolute Gasteiger partial charge is 0.0554 e. The Morgan fingerprint density at radius 2 is 1.95 bits per heavy atom. The zero-order chi connectivity index (χ0) is 13.5. The standard InChI is InChI=1S/C17H25NO/c1-16(2)9-8-13-6-4-5-7-14(13)15(16)18-10-17(3)11-19-12-17/h4-7,15,18H,8-12H2,1-3H3. The fourth-order valence-corrected chi connectivity index (χ4v) is 3.35. The Morgan fingerprint density at radius 3 is 2.63 bits per heavy atom. The third-order valence-corrected chi connectivity index (χ3v) is 4.82. The van der Waals surface area contributed by atoms with E-state index in [0.717, 1.165) is 19.8 Å². The molecule has 2 nitrogen and oxygen atoms in total. The number of hydrogen-bond acceptors (Lipinski definition) is 2. The molecule has 104 valence electrons. The second-order valence-electron chi connectivity index (χ2n) is 7.30. The van der Waals surface area contributed by atoms with Gasteiger partial charge in [0.05, 0.1) is 13.2 Å². The SMILES string of the molecule is CC1(CNC2c3ccccc3CCC2(C)C)COC1. The molecule has 1 aliphatic carbocycles. The maximum Gasteiger partial charge on any atom is 0.0554 e. The second kappa shape index (κ2) is 4.60. The van der Waals surface area contributed by atoms with Crippen LogP contribution in [0.15, 0.2) is 24.3 Å². The molecule has 1 saturated heterocycles. The van der Waals surface area contributed by atoms with E-state index in [4.69, 9.17) is 4.74 Å². The molecule has 19 heavy (non-hydrogen) atoms. The Labute approximate surface area is 116 Å². The summed E-state index contributed by atoms with van der Waals surface area (Å²) in [6.07, 6.45) is 2.47. The van der Waals surface area contributed by atoms with Crippen LogP contribution >= 0.6 is 0 Å². The van der Waals surface area contributed by atoms with Gasteiger partial charge in [-0.15, -0.1) is 0 Å². The molecule has 0 aromatic heterocycles. The van der Waals surface area contributed by atoms with Crippen LogP contribution in [0, 0.1) is 10.8 Å². The maximum absolute atomic E-state index is 5.36. The van der Waals surface area contributed by atoms with Crippen LogP contribution in [0.25, 0.3) is 0 Å². The molecular weight excluding hydrogens is 234 g/mol. The van der Waals surface area contributed by atoms with Gasteiger partial charge in [0.1, 0.15) is 0 Å². The number of rotatable bonds is 3. The van der Waals surface area contributed by atoms with Gasteiger partial charge in [0, 0.05) is 18.0 Å². The van der Waals surface area contributed by atoms with Gasteiger partial charge in [-0.1, -0.05) is 45.0 Å². The molecule has 0 bridgehead atoms. The van der Waals surface area contributed by atoms with Crippen molar-refractivity contribution in [2.45, 2.75) is 39.7 Å². The van der Waals surface area contributed by atoms with Crippen LogP contribution in [0.4, 0.5) is 0 Å². The van der Waals surface area contributed by atoms with Crippen LogP contribution in [-0.2, 0) is 11.2 Å². The first-order chi connectivity index (χ1) is 9.00. The normalized spacial score (nSPS) is 27.4. The number of aryl methyl sites for hydroxylation is 1. The zero-order valence-corrected chi connectivity index (χ0v) is 12.3. The predicted octanol–water partition coefficient (Wildman–Crippen LogP) is 3.33. The Morgan fingerprint density at radius 1 is 1.21 bits per heavy atom. The van der Waals surface area contributed by atoms with Crippen LogP contribution in [0.2, 0.25) is 0 Å². The van der Waals surface area contributed by atoms with Gasteiger partial charge in [0.15, 0.2) is 0 Å². The quantitative estimate of drug-likeness (QED) is 0.899. The van der Waals surface area contributed by atoms with Crippen LogP contribution in [0.5, 0.6) is 0 Å². The highest BCUT2D eigenvalue weighted by atomic mass is 16.5. The summed E-state index contributed by atoms with van der Waals surface area (Å²) in [5.74, 6) is 0. The van der Waals surface area contributed by atoms with Crippen molar-refractivity contribution in [3.63, 3.8) is 0 Å². The monoisotopic (exact) mass is 259 g/mol. The van der Waals surface area contributed by atoms with Crippen LogP contribution in [0.1, 0.15) is 44.4 Å². The number of ether oxygens (including phenoxy) is 1. The highest BCUT2D eigenvalue weighted by Gasteiger charge is 2.39. The lowest BCUT2D eigenvalue weighted by atomic mass is 9.70. The summed E-state index contributed by atoms with van der Waals surface area (Å²) in [4.78, 5) is 0. The molecule has 1 aromatic carbocycles. The molecule has 1 aromatic rings. The molecule has 0 radical (unpaired) electrons. The first-order valence-electron chi connectivity index (χ1n) is 7.39. The summed E-state index contributed by atoms with van der Waals surface area (Å²) >= 11 is 0. The molecule has 1 fully saturated rings. The lowest BCUT2D eigenvalue weighted by Crippen LogP contribution is -2.50. The first kappa shape index (κ1) is 13.1. The molecule has 1 aliphatic heterocycles. The van der Waals surface area contributed by atoms with Crippen LogP contribution in [0.3, 0.4) is 0 Å². The van der Waals surface area contributed by atoms with Gasteiger partial charge in [-0.25, -0.2) is 0 Å². The minimum atomic E-state index is 0.329. The van der Waals surface area contributed by atoms with E-state index < -0.39 is 0 Å². The Bertz CT molecular complexity index is 462. The third-order valence-electron chi connectivity index (χ3n) is 4.82. The molecule has 1 unspecified atom stereocenters. The van der Waals surface area contributed by atoms with Gasteiger partial charge in [-0.3, -0.25) is 0 Å². The minimum Gasteiger partial charge on any atom is -0.380 e. The van der Waals surface area contributed by atoms with Crippen molar-refractivity contribution in [1.82, 2.24) is 5.32 Å². The summed E-state index contributed by atoms with van der Waals surface area (Å²) in [6.45, 7) is 9.94. The van der Waals surface area contributed by atoms with Gasteiger partial charge < -0.3 is 10.1 Å². The number of hydrogen-bond donors (Lipinski definition) is 1. The van der Waals surface area contributed by atoms with Gasteiger partial charge in [-0.05, 0) is 29.4 Å². The highest BCUT2D eigenvalue weighted by molar-refractivity contribution is 5.34. The predicted molar refractivity (Wildman–Crippen MR) is 78.2 cm³/mol. The third kappa shape index (κ3) is 2.44. The molecule has 0 saturated carbocycles. The van der Waals surface area contributed by atoms with Crippen molar-refractivity contribution in [2.24, 2.45) is 10.8 Å². The Balaban J connectivity index is 1.80. The average Bonchev–Trinajstić information content (AvgIpc) is 2.35. The lowest BCUT2D eigenvalue weighted by Gasteiger charge is -2.44. The minimum absolute atomic E-state index is 0.329. The summed E-state index contributed by atoms with van der Waals surface area (Å²) in [7, 11) is 0. The van der Waals surface area contributed by atoms with E-state index >= 15 is 0 Å². The van der Waals surface area contributed by atoms with E-state index in [1.807, 2.05) is 0 Å². The van der Waals surface area contributed by atoms with Gasteiger partial charge >= 0.3 is 0 Å². The fraction of sp³-hybridized carbons (Fsp3) is 0.647. The van der Waals surface area contributed by atoms with Crippen molar-refractivity contribution in [2.75, 3.05) is 19.8 Å². The van der Waals surface area contributed by atoms with Gasteiger partial charge in [0.2, 0.25) is 0 Å². The van der Waals surface area contributed by atoms with E-state index in [9.17, 15) is 0 Å². The Hall–Kier alpha value is -0.860. The van der Waals surface area contributed by atoms with E-state index in [1.165, 1.54) is 24.0 Å². The highest BCUT2D eigenvalue weighted by Crippen LogP contribution is 2.43. The number of benzene rings is 1. The lowest BCUT2D eigenvalue weighted by molar-refractivity contribution is -0.102. The van der Waals surface area contributed by atoms with Gasteiger partial charge in [0.25, 0.3) is 0 Å². The summed E-state index contributed by atoms with van der Waals surface area (Å²) < 4.78 is 5.36. The van der Waals surface area contributed by atoms with Crippen molar-refractivity contribution in [3.05, 3.63) is 35.4 Å². The van der Waals surface area contributed by atoms with Crippen molar-refractivity contribution in [1.29, 1.82) is 0 Å². The molecule has 3 rings (SSSR count). The summed E-state index contributed by atoms with van der Waals surface area (Å²) in [6, 6.07) is 9.38. The molecule has 0 spiro atoms. The van der Waals surface area contributed by atoms with E-state index in [1.54, 1.807) is 0 Å². The Kier molecular flexibility index (Phi) is 3.18. The molecular formula is C17H25NO. The fourth-order valence-electron chi connectivity index (χ4n) is 3.35. The average molecular weight is 259 g/mol. The molecule has 2 heteroatoms. The van der Waals surface area contributed by atoms with E-state index in [2.05, 4.69) is 50.4 Å². The first-order valence-corrected chi connectivity index (χ1v) is 7.39. The molecule has 0 amide bonds. The zero-order valence-electron chi connectivity index (χ0n) is 12.3. The summed E-state index contributed by atoms with van der Waals surface area (Å²) in [5, 5.41) is 3.83. The second-order valence-corrected chi connectivity index (χ2v) is 7.30. The van der Waals surface area contributed by atoms with Gasteiger partial charge in [-0.2, -0.15) is 0 Å². The molecule has 1 N–H and O–H groups in total. The number of nitrogens with one attached hydrogen (secondary N) is 1. The van der Waals surface area contributed by atoms with Crippen molar-refractivity contribution in [3.8, 4) is 0 Å². The van der Waals surface area contributed by atoms with E-state index in [-0.39, 0.29) is 0 Å². The molecule has 1 heterocycles. The summed E-state index contributed by atoms with van der Waals surface area (Å²) in [5.41, 5.74) is 3.69. The van der Waals surface area contributed by atoms with Crippen LogP contribution in [-0.4, -0.2) is 19.8 Å². The topological polar surface area (TPSA) is 21.3 Å². The molecule has 1 atom stereocenters. The number of fused-ring (bicyclic) bond motifs is 1. The van der Waals surface area contributed by atoms with Crippen LogP contribution < -0.4 is 5.32 Å².